The third-order valence-electron chi connectivity index (χ3n) is 4.78. The standard InChI is InChI=1S/C18H24N4O3S2/c1-13-4-3-5-16(10-13)12-27(24,25)19-11-15-6-8-22(9-7-15)18(23)17-14(2)20-21-26-17/h3-5,10,15,19H,6-9,11-12H2,1-2H3. The van der Waals surface area contributed by atoms with E-state index in [4.69, 9.17) is 0 Å². The van der Waals surface area contributed by atoms with Crippen molar-refractivity contribution in [3.63, 3.8) is 0 Å². The fraction of sp³-hybridized carbons (Fsp3) is 0.500. The summed E-state index contributed by atoms with van der Waals surface area (Å²) >= 11 is 1.12. The van der Waals surface area contributed by atoms with E-state index in [2.05, 4.69) is 14.3 Å². The van der Waals surface area contributed by atoms with Crippen LogP contribution in [0.25, 0.3) is 0 Å². The molecule has 0 atom stereocenters. The van der Waals surface area contributed by atoms with E-state index in [0.717, 1.165) is 35.5 Å². The van der Waals surface area contributed by atoms with Crippen molar-refractivity contribution in [1.29, 1.82) is 0 Å². The van der Waals surface area contributed by atoms with Crippen molar-refractivity contribution in [3.8, 4) is 0 Å². The molecule has 1 aromatic heterocycles. The summed E-state index contributed by atoms with van der Waals surface area (Å²) in [5, 5.41) is 3.89. The predicted molar refractivity (Wildman–Crippen MR) is 105 cm³/mol. The van der Waals surface area contributed by atoms with Crippen LogP contribution in [0.15, 0.2) is 24.3 Å². The van der Waals surface area contributed by atoms with Crippen LogP contribution < -0.4 is 4.72 Å². The molecule has 1 fully saturated rings. The van der Waals surface area contributed by atoms with Gasteiger partial charge in [-0.25, -0.2) is 13.1 Å². The predicted octanol–water partition coefficient (Wildman–Crippen LogP) is 2.13. The molecule has 9 heteroatoms. The summed E-state index contributed by atoms with van der Waals surface area (Å²) in [6.07, 6.45) is 1.56. The summed E-state index contributed by atoms with van der Waals surface area (Å²) in [6, 6.07) is 7.53. The first-order valence-corrected chi connectivity index (χ1v) is 11.4. The van der Waals surface area contributed by atoms with Gasteiger partial charge in [0.2, 0.25) is 10.0 Å². The maximum Gasteiger partial charge on any atom is 0.267 e. The average Bonchev–Trinajstić information content (AvgIpc) is 3.05. The molecule has 1 N–H and O–H groups in total. The van der Waals surface area contributed by atoms with E-state index in [-0.39, 0.29) is 17.6 Å². The molecule has 0 unspecified atom stereocenters. The van der Waals surface area contributed by atoms with Gasteiger partial charge in [-0.05, 0) is 49.7 Å². The van der Waals surface area contributed by atoms with Crippen LogP contribution >= 0.6 is 11.5 Å². The molecule has 2 aromatic rings. The molecule has 1 aliphatic heterocycles. The van der Waals surface area contributed by atoms with Crippen LogP contribution in [-0.2, 0) is 15.8 Å². The monoisotopic (exact) mass is 408 g/mol. The third kappa shape index (κ3) is 5.33. The number of nitrogens with zero attached hydrogens (tertiary/aromatic N) is 3. The highest BCUT2D eigenvalue weighted by atomic mass is 32.2. The van der Waals surface area contributed by atoms with Gasteiger partial charge in [0.05, 0.1) is 11.4 Å². The lowest BCUT2D eigenvalue weighted by molar-refractivity contribution is 0.0696. The maximum absolute atomic E-state index is 12.5. The highest BCUT2D eigenvalue weighted by Gasteiger charge is 2.26. The minimum atomic E-state index is -3.37. The molecule has 27 heavy (non-hydrogen) atoms. The highest BCUT2D eigenvalue weighted by molar-refractivity contribution is 7.88. The summed E-state index contributed by atoms with van der Waals surface area (Å²) in [6.45, 7) is 5.40. The van der Waals surface area contributed by atoms with Gasteiger partial charge in [-0.2, -0.15) is 0 Å². The number of rotatable bonds is 6. The lowest BCUT2D eigenvalue weighted by Crippen LogP contribution is -2.41. The number of carbonyl (C=O) groups is 1. The molecular formula is C18H24N4O3S2. The Morgan fingerprint density at radius 1 is 1.30 bits per heavy atom. The number of sulfonamides is 1. The van der Waals surface area contributed by atoms with Crippen molar-refractivity contribution in [1.82, 2.24) is 19.2 Å². The molecule has 2 heterocycles. The molecule has 0 saturated carbocycles. The van der Waals surface area contributed by atoms with Gasteiger partial charge in [0, 0.05) is 19.6 Å². The van der Waals surface area contributed by atoms with Gasteiger partial charge in [-0.3, -0.25) is 4.79 Å². The Hall–Kier alpha value is -1.84. The summed E-state index contributed by atoms with van der Waals surface area (Å²) in [5.74, 6) is 0.201. The van der Waals surface area contributed by atoms with E-state index < -0.39 is 10.0 Å². The second-order valence-corrected chi connectivity index (χ2v) is 9.58. The minimum Gasteiger partial charge on any atom is -0.338 e. The number of nitrogens with one attached hydrogen (secondary N) is 1. The lowest BCUT2D eigenvalue weighted by Gasteiger charge is -2.31. The van der Waals surface area contributed by atoms with Crippen molar-refractivity contribution in [2.24, 2.45) is 5.92 Å². The Morgan fingerprint density at radius 2 is 2.04 bits per heavy atom. The number of hydrogen-bond donors (Lipinski definition) is 1. The van der Waals surface area contributed by atoms with Crippen LogP contribution in [0.4, 0.5) is 0 Å². The van der Waals surface area contributed by atoms with Gasteiger partial charge < -0.3 is 4.90 Å². The maximum atomic E-state index is 12.5. The van der Waals surface area contributed by atoms with Gasteiger partial charge in [-0.15, -0.1) is 5.10 Å². The molecule has 7 nitrogen and oxygen atoms in total. The van der Waals surface area contributed by atoms with Crippen molar-refractivity contribution in [2.45, 2.75) is 32.4 Å². The molecule has 1 amide bonds. The number of likely N-dealkylation sites (tertiary alicyclic amines) is 1. The first kappa shape index (κ1) is 19.9. The second-order valence-electron chi connectivity index (χ2n) is 7.02. The smallest absolute Gasteiger partial charge is 0.267 e. The Morgan fingerprint density at radius 3 is 2.67 bits per heavy atom. The van der Waals surface area contributed by atoms with Crippen molar-refractivity contribution in [2.75, 3.05) is 19.6 Å². The fourth-order valence-electron chi connectivity index (χ4n) is 3.23. The zero-order chi connectivity index (χ0) is 19.4. The number of aromatic nitrogens is 2. The Balaban J connectivity index is 1.48. The Labute approximate surface area is 164 Å². The van der Waals surface area contributed by atoms with Gasteiger partial charge >= 0.3 is 0 Å². The highest BCUT2D eigenvalue weighted by Crippen LogP contribution is 2.21. The molecule has 1 saturated heterocycles. The van der Waals surface area contributed by atoms with Gasteiger partial charge in [0.15, 0.2) is 0 Å². The number of benzene rings is 1. The molecule has 0 aliphatic carbocycles. The second kappa shape index (κ2) is 8.45. The molecular weight excluding hydrogens is 384 g/mol. The van der Waals surface area contributed by atoms with Crippen molar-refractivity contribution in [3.05, 3.63) is 46.0 Å². The number of carbonyl (C=O) groups excluding carboxylic acids is 1. The minimum absolute atomic E-state index is 0.0103. The quantitative estimate of drug-likeness (QED) is 0.790. The Bertz CT molecular complexity index is 903. The van der Waals surface area contributed by atoms with E-state index in [1.54, 1.807) is 11.8 Å². The first-order valence-electron chi connectivity index (χ1n) is 8.95. The number of hydrogen-bond acceptors (Lipinski definition) is 6. The van der Waals surface area contributed by atoms with Crippen LogP contribution in [0.3, 0.4) is 0 Å². The van der Waals surface area contributed by atoms with Crippen LogP contribution in [0.2, 0.25) is 0 Å². The molecule has 0 spiro atoms. The largest absolute Gasteiger partial charge is 0.338 e. The lowest BCUT2D eigenvalue weighted by atomic mass is 9.97. The van der Waals surface area contributed by atoms with E-state index in [0.29, 0.717) is 30.2 Å². The van der Waals surface area contributed by atoms with Gasteiger partial charge in [0.1, 0.15) is 4.88 Å². The molecule has 1 aromatic carbocycles. The summed E-state index contributed by atoms with van der Waals surface area (Å²) in [5.41, 5.74) is 2.50. The number of piperidine rings is 1. The van der Waals surface area contributed by atoms with Gasteiger partial charge in [0.25, 0.3) is 5.91 Å². The SMILES string of the molecule is Cc1cccc(CS(=O)(=O)NCC2CCN(C(=O)c3snnc3C)CC2)c1. The van der Waals surface area contributed by atoms with E-state index >= 15 is 0 Å². The topological polar surface area (TPSA) is 92.3 Å². The van der Waals surface area contributed by atoms with Gasteiger partial charge in [-0.1, -0.05) is 34.3 Å². The molecule has 0 bridgehead atoms. The molecule has 1 aliphatic rings. The van der Waals surface area contributed by atoms with E-state index in [9.17, 15) is 13.2 Å². The summed E-state index contributed by atoms with van der Waals surface area (Å²) in [7, 11) is -3.37. The van der Waals surface area contributed by atoms with Crippen LogP contribution in [-0.4, -0.2) is 48.4 Å². The van der Waals surface area contributed by atoms with Crippen LogP contribution in [0.1, 0.15) is 39.3 Å². The van der Waals surface area contributed by atoms with E-state index in [1.165, 1.54) is 0 Å². The Kier molecular flexibility index (Phi) is 6.23. The zero-order valence-electron chi connectivity index (χ0n) is 15.5. The fourth-order valence-corrected chi connectivity index (χ4v) is 5.06. The van der Waals surface area contributed by atoms with Crippen molar-refractivity contribution < 1.29 is 13.2 Å². The number of aryl methyl sites for hydroxylation is 2. The molecule has 146 valence electrons. The molecule has 0 radical (unpaired) electrons. The normalized spacial score (nSPS) is 15.9. The number of amides is 1. The summed E-state index contributed by atoms with van der Waals surface area (Å²) in [4.78, 5) is 14.9. The first-order chi connectivity index (χ1) is 12.8. The van der Waals surface area contributed by atoms with Crippen molar-refractivity contribution >= 4 is 27.5 Å². The van der Waals surface area contributed by atoms with E-state index in [1.807, 2.05) is 31.2 Å². The van der Waals surface area contributed by atoms with Crippen LogP contribution in [0.5, 0.6) is 0 Å². The third-order valence-corrected chi connectivity index (χ3v) is 6.91. The zero-order valence-corrected chi connectivity index (χ0v) is 17.1. The average molecular weight is 409 g/mol. The molecule has 3 rings (SSSR count). The summed E-state index contributed by atoms with van der Waals surface area (Å²) < 4.78 is 31.2. The van der Waals surface area contributed by atoms with Crippen LogP contribution in [0, 0.1) is 19.8 Å².